The summed E-state index contributed by atoms with van der Waals surface area (Å²) in [4.78, 5) is 14.1. The molecule has 3 aromatic carbocycles. The molecule has 0 aliphatic carbocycles. The maximum absolute atomic E-state index is 11.8. The summed E-state index contributed by atoms with van der Waals surface area (Å²) in [5.74, 6) is -0.790. The van der Waals surface area contributed by atoms with Crippen LogP contribution in [0.25, 0.3) is 0 Å². The van der Waals surface area contributed by atoms with Gasteiger partial charge in [0.15, 0.2) is 0 Å². The summed E-state index contributed by atoms with van der Waals surface area (Å²) < 4.78 is 1.11. The molecule has 28 heavy (non-hydrogen) atoms. The maximum Gasteiger partial charge on any atom is 0.305 e. The number of carboxylic acid groups (broad SMARTS) is 1. The highest BCUT2D eigenvalue weighted by Gasteiger charge is 2.28. The van der Waals surface area contributed by atoms with Crippen LogP contribution in [0.3, 0.4) is 0 Å². The molecule has 0 amide bonds. The van der Waals surface area contributed by atoms with Gasteiger partial charge in [-0.05, 0) is 58.3 Å². The first kappa shape index (κ1) is 20.6. The molecule has 144 valence electrons. The van der Waals surface area contributed by atoms with Crippen LogP contribution in [0.15, 0.2) is 84.9 Å². The molecule has 0 radical (unpaired) electrons. The van der Waals surface area contributed by atoms with Crippen molar-refractivity contribution in [2.75, 3.05) is 0 Å². The van der Waals surface area contributed by atoms with Crippen molar-refractivity contribution in [3.05, 3.63) is 105 Å². The van der Waals surface area contributed by atoms with E-state index in [2.05, 4.69) is 64.7 Å². The maximum atomic E-state index is 11.8. The van der Waals surface area contributed by atoms with Crippen molar-refractivity contribution >= 4 is 28.6 Å². The van der Waals surface area contributed by atoms with Crippen molar-refractivity contribution in [3.8, 4) is 0 Å². The fourth-order valence-electron chi connectivity index (χ4n) is 3.54. The van der Waals surface area contributed by atoms with Crippen molar-refractivity contribution in [2.24, 2.45) is 0 Å². The Hall–Kier alpha value is -2.18. The van der Waals surface area contributed by atoms with Crippen molar-refractivity contribution < 1.29 is 9.90 Å². The molecule has 3 rings (SSSR count). The minimum Gasteiger partial charge on any atom is -0.481 e. The lowest BCUT2D eigenvalue weighted by atomic mass is 9.96. The Labute approximate surface area is 180 Å². The van der Waals surface area contributed by atoms with E-state index in [0.29, 0.717) is 6.54 Å². The number of carboxylic acids is 1. The van der Waals surface area contributed by atoms with Gasteiger partial charge in [-0.15, -0.1) is 0 Å². The molecule has 4 heteroatoms. The molecule has 1 N–H and O–H groups in total. The van der Waals surface area contributed by atoms with E-state index in [1.807, 2.05) is 54.6 Å². The van der Waals surface area contributed by atoms with Crippen LogP contribution in [0.5, 0.6) is 0 Å². The summed E-state index contributed by atoms with van der Waals surface area (Å²) in [6, 6.07) is 28.5. The van der Waals surface area contributed by atoms with E-state index in [4.69, 9.17) is 0 Å². The Bertz CT molecular complexity index is 899. The fraction of sp³-hybridized carbons (Fsp3) is 0.208. The first-order valence-electron chi connectivity index (χ1n) is 9.36. The van der Waals surface area contributed by atoms with Gasteiger partial charge in [0, 0.05) is 22.2 Å². The largest absolute Gasteiger partial charge is 0.481 e. The Kier molecular flexibility index (Phi) is 7.23. The number of hydrogen-bond donors (Lipinski definition) is 1. The van der Waals surface area contributed by atoms with Gasteiger partial charge in [-0.1, -0.05) is 72.8 Å². The summed E-state index contributed by atoms with van der Waals surface area (Å²) in [6.07, 6.45) is 0.0596. The van der Waals surface area contributed by atoms with E-state index in [9.17, 15) is 9.90 Å². The zero-order valence-corrected chi connectivity index (χ0v) is 18.0. The molecule has 0 aromatic heterocycles. The lowest BCUT2D eigenvalue weighted by Gasteiger charge is -2.37. The predicted octanol–water partition coefficient (Wildman–Crippen LogP) is 6.07. The summed E-state index contributed by atoms with van der Waals surface area (Å²) in [5.41, 5.74) is 3.39. The zero-order valence-electron chi connectivity index (χ0n) is 15.8. The molecule has 0 heterocycles. The molecule has 3 aromatic rings. The van der Waals surface area contributed by atoms with Crippen molar-refractivity contribution in [3.63, 3.8) is 0 Å². The van der Waals surface area contributed by atoms with E-state index < -0.39 is 5.97 Å². The van der Waals surface area contributed by atoms with Crippen LogP contribution in [0.4, 0.5) is 0 Å². The number of aliphatic carboxylic acids is 1. The highest BCUT2D eigenvalue weighted by Crippen LogP contribution is 2.35. The lowest BCUT2D eigenvalue weighted by molar-refractivity contribution is -0.138. The normalized spacial score (nSPS) is 13.2. The first-order chi connectivity index (χ1) is 13.5. The average molecular weight is 485 g/mol. The molecule has 0 unspecified atom stereocenters. The third-order valence-electron chi connectivity index (χ3n) is 4.99. The summed E-state index contributed by atoms with van der Waals surface area (Å²) in [7, 11) is 0. The predicted molar refractivity (Wildman–Crippen MR) is 121 cm³/mol. The number of hydrogen-bond acceptors (Lipinski definition) is 2. The number of halogens is 1. The second-order valence-corrected chi connectivity index (χ2v) is 8.16. The molecule has 0 saturated heterocycles. The van der Waals surface area contributed by atoms with Gasteiger partial charge in [-0.2, -0.15) is 0 Å². The summed E-state index contributed by atoms with van der Waals surface area (Å²) in [6.45, 7) is 2.83. The van der Waals surface area contributed by atoms with Gasteiger partial charge in [0.25, 0.3) is 0 Å². The highest BCUT2D eigenvalue weighted by molar-refractivity contribution is 14.1. The van der Waals surface area contributed by atoms with Crippen LogP contribution >= 0.6 is 22.6 Å². The molecule has 2 atom stereocenters. The van der Waals surface area contributed by atoms with Gasteiger partial charge in [0.05, 0.1) is 6.42 Å². The van der Waals surface area contributed by atoms with Crippen LogP contribution in [0.1, 0.15) is 42.1 Å². The topological polar surface area (TPSA) is 40.5 Å². The molecular weight excluding hydrogens is 461 g/mol. The SMILES string of the molecule is C[C@H](c1ccccc1)N(Cc1ccccc1)[C@@H](CC(=O)O)c1cccc(I)c1. The van der Waals surface area contributed by atoms with Crippen LogP contribution in [-0.2, 0) is 11.3 Å². The molecule has 0 bridgehead atoms. The van der Waals surface area contributed by atoms with E-state index in [1.165, 1.54) is 11.1 Å². The van der Waals surface area contributed by atoms with Crippen LogP contribution in [0, 0.1) is 3.57 Å². The quantitative estimate of drug-likeness (QED) is 0.394. The van der Waals surface area contributed by atoms with Crippen LogP contribution < -0.4 is 0 Å². The third-order valence-corrected chi connectivity index (χ3v) is 5.66. The van der Waals surface area contributed by atoms with E-state index in [-0.39, 0.29) is 18.5 Å². The monoisotopic (exact) mass is 485 g/mol. The smallest absolute Gasteiger partial charge is 0.305 e. The van der Waals surface area contributed by atoms with Gasteiger partial charge < -0.3 is 5.11 Å². The summed E-state index contributed by atoms with van der Waals surface area (Å²) in [5, 5.41) is 9.65. The Balaban J connectivity index is 2.03. The van der Waals surface area contributed by atoms with Gasteiger partial charge in [-0.25, -0.2) is 0 Å². The highest BCUT2D eigenvalue weighted by atomic mass is 127. The van der Waals surface area contributed by atoms with Gasteiger partial charge in [-0.3, -0.25) is 9.69 Å². The second-order valence-electron chi connectivity index (χ2n) is 6.91. The first-order valence-corrected chi connectivity index (χ1v) is 10.4. The van der Waals surface area contributed by atoms with Gasteiger partial charge >= 0.3 is 5.97 Å². The van der Waals surface area contributed by atoms with E-state index in [0.717, 1.165) is 9.13 Å². The summed E-state index contributed by atoms with van der Waals surface area (Å²) >= 11 is 2.28. The van der Waals surface area contributed by atoms with Crippen LogP contribution in [-0.4, -0.2) is 16.0 Å². The fourth-order valence-corrected chi connectivity index (χ4v) is 4.11. The van der Waals surface area contributed by atoms with E-state index in [1.54, 1.807) is 0 Å². The second kappa shape index (κ2) is 9.85. The Morgan fingerprint density at radius 2 is 1.54 bits per heavy atom. The molecule has 0 fully saturated rings. The van der Waals surface area contributed by atoms with Gasteiger partial charge in [0.1, 0.15) is 0 Å². The molecule has 0 saturated carbocycles. The minimum atomic E-state index is -0.790. The average Bonchev–Trinajstić information content (AvgIpc) is 2.71. The standard InChI is InChI=1S/C24H24INO2/c1-18(20-11-6-3-7-12-20)26(17-19-9-4-2-5-10-19)23(16-24(27)28)21-13-8-14-22(25)15-21/h2-15,18,23H,16-17H2,1H3,(H,27,28)/t18-,23+/m1/s1. The van der Waals surface area contributed by atoms with Crippen LogP contribution in [0.2, 0.25) is 0 Å². The minimum absolute atomic E-state index is 0.0596. The molecular formula is C24H24INO2. The van der Waals surface area contributed by atoms with Crippen molar-refractivity contribution in [2.45, 2.75) is 32.0 Å². The molecule has 0 aliphatic rings. The molecule has 0 spiro atoms. The third kappa shape index (κ3) is 5.42. The number of benzene rings is 3. The van der Waals surface area contributed by atoms with Gasteiger partial charge in [0.2, 0.25) is 0 Å². The molecule has 3 nitrogen and oxygen atoms in total. The number of carbonyl (C=O) groups is 1. The number of nitrogens with zero attached hydrogens (tertiary/aromatic N) is 1. The lowest BCUT2D eigenvalue weighted by Crippen LogP contribution is -2.32. The molecule has 0 aliphatic heterocycles. The zero-order chi connectivity index (χ0) is 19.9. The Morgan fingerprint density at radius 3 is 2.14 bits per heavy atom. The van der Waals surface area contributed by atoms with Crippen molar-refractivity contribution in [1.82, 2.24) is 4.90 Å². The number of rotatable bonds is 8. The Morgan fingerprint density at radius 1 is 0.929 bits per heavy atom. The van der Waals surface area contributed by atoms with Crippen molar-refractivity contribution in [1.29, 1.82) is 0 Å². The van der Waals surface area contributed by atoms with E-state index >= 15 is 0 Å².